The van der Waals surface area contributed by atoms with Gasteiger partial charge in [-0.1, -0.05) is 87.6 Å². The predicted molar refractivity (Wildman–Crippen MR) is 139 cm³/mol. The van der Waals surface area contributed by atoms with E-state index in [9.17, 15) is 18.0 Å². The van der Waals surface area contributed by atoms with E-state index in [1.807, 2.05) is 48.5 Å². The molecule has 3 aromatic carbocycles. The van der Waals surface area contributed by atoms with Crippen molar-refractivity contribution in [3.8, 4) is 11.1 Å². The summed E-state index contributed by atoms with van der Waals surface area (Å²) in [6, 6.07) is 19.4. The van der Waals surface area contributed by atoms with Crippen molar-refractivity contribution in [2.24, 2.45) is 0 Å². The zero-order valence-corrected chi connectivity index (χ0v) is 20.7. The van der Waals surface area contributed by atoms with Gasteiger partial charge >= 0.3 is 6.18 Å². The molecule has 0 saturated carbocycles. The maximum atomic E-state index is 12.8. The molecule has 6 heteroatoms. The highest BCUT2D eigenvalue weighted by atomic mass is 19.4. The third kappa shape index (κ3) is 8.23. The molecule has 0 aromatic heterocycles. The number of hydrogen-bond donors (Lipinski definition) is 1. The van der Waals surface area contributed by atoms with Crippen molar-refractivity contribution >= 4 is 5.91 Å². The van der Waals surface area contributed by atoms with Crippen LogP contribution in [0, 0.1) is 0 Å². The monoisotopic (exact) mass is 495 g/mol. The molecule has 2 N–H and O–H groups in total. The van der Waals surface area contributed by atoms with Crippen LogP contribution in [0.4, 0.5) is 13.2 Å². The van der Waals surface area contributed by atoms with E-state index in [0.29, 0.717) is 24.1 Å². The van der Waals surface area contributed by atoms with Gasteiger partial charge in [0.05, 0.1) is 11.6 Å². The molecule has 191 valence electrons. The van der Waals surface area contributed by atoms with Crippen molar-refractivity contribution in [3.05, 3.63) is 95.1 Å². The Morgan fingerprint density at radius 3 is 2.19 bits per heavy atom. The van der Waals surface area contributed by atoms with Gasteiger partial charge in [0.2, 0.25) is 0 Å². The van der Waals surface area contributed by atoms with Gasteiger partial charge < -0.3 is 5.32 Å². The van der Waals surface area contributed by atoms with Crippen molar-refractivity contribution in [1.29, 1.82) is 0 Å². The number of unbranched alkanes of at least 4 members (excludes halogenated alkanes) is 5. The molecule has 0 bridgehead atoms. The number of benzene rings is 3. The number of nitrogens with one attached hydrogen (secondary N) is 2. The lowest BCUT2D eigenvalue weighted by Gasteiger charge is -2.13. The molecule has 0 aliphatic carbocycles. The van der Waals surface area contributed by atoms with Crippen LogP contribution in [0.5, 0.6) is 0 Å². The fraction of sp³-hybridized carbons (Fsp3) is 0.367. The molecule has 0 heterocycles. The lowest BCUT2D eigenvalue weighted by atomic mass is 9.96. The summed E-state index contributed by atoms with van der Waals surface area (Å²) in [5, 5.41) is 3.00. The Hall–Kier alpha value is -3.12. The zero-order valence-electron chi connectivity index (χ0n) is 20.7. The summed E-state index contributed by atoms with van der Waals surface area (Å²) in [4.78, 5) is 12.6. The second-order valence-electron chi connectivity index (χ2n) is 9.18. The quantitative estimate of drug-likeness (QED) is 0.254. The standard InChI is InChI=1S/C30H34F3N2O/c1-2-3-4-5-6-7-19-35-29(36)26-10-8-9-25(21-26)23-13-11-22(12-14-23)20-28(34)24-15-17-27(18-16-24)30(31,32)33/h8-18,21,28,34H,2-7,19-20H2,1H3,(H,35,36). The predicted octanol–water partition coefficient (Wildman–Crippen LogP) is 8.03. The van der Waals surface area contributed by atoms with Crippen LogP contribution in [0.15, 0.2) is 72.8 Å². The first-order valence-electron chi connectivity index (χ1n) is 12.6. The molecule has 0 saturated heterocycles. The summed E-state index contributed by atoms with van der Waals surface area (Å²) in [5.74, 6) is -0.0735. The van der Waals surface area contributed by atoms with Crippen molar-refractivity contribution in [2.45, 2.75) is 64.1 Å². The second-order valence-corrected chi connectivity index (χ2v) is 9.18. The highest BCUT2D eigenvalue weighted by molar-refractivity contribution is 5.95. The Balaban J connectivity index is 1.55. The smallest absolute Gasteiger partial charge is 0.352 e. The van der Waals surface area contributed by atoms with Crippen LogP contribution in [0.2, 0.25) is 0 Å². The average molecular weight is 496 g/mol. The van der Waals surface area contributed by atoms with Gasteiger partial charge in [0.15, 0.2) is 0 Å². The van der Waals surface area contributed by atoms with E-state index in [2.05, 4.69) is 12.2 Å². The molecular formula is C30H34F3N2O. The van der Waals surface area contributed by atoms with E-state index in [4.69, 9.17) is 5.73 Å². The Morgan fingerprint density at radius 1 is 0.861 bits per heavy atom. The Labute approximate surface area is 211 Å². The van der Waals surface area contributed by atoms with Crippen molar-refractivity contribution in [3.63, 3.8) is 0 Å². The number of amides is 1. The fourth-order valence-electron chi connectivity index (χ4n) is 4.14. The number of carbonyl (C=O) groups is 1. The first-order valence-corrected chi connectivity index (χ1v) is 12.6. The Kier molecular flexibility index (Phi) is 10.1. The average Bonchev–Trinajstić information content (AvgIpc) is 2.88. The van der Waals surface area contributed by atoms with Gasteiger partial charge in [0, 0.05) is 12.1 Å². The topological polar surface area (TPSA) is 52.9 Å². The van der Waals surface area contributed by atoms with Crippen molar-refractivity contribution in [2.75, 3.05) is 6.54 Å². The van der Waals surface area contributed by atoms with Gasteiger partial charge in [0.1, 0.15) is 0 Å². The van der Waals surface area contributed by atoms with Crippen molar-refractivity contribution < 1.29 is 18.0 Å². The molecule has 3 nitrogen and oxygen atoms in total. The van der Waals surface area contributed by atoms with Gasteiger partial charge in [-0.25, -0.2) is 5.73 Å². The number of halogens is 3. The van der Waals surface area contributed by atoms with Gasteiger partial charge in [0.25, 0.3) is 5.91 Å². The van der Waals surface area contributed by atoms with Crippen LogP contribution in [0.1, 0.15) is 78.5 Å². The highest BCUT2D eigenvalue weighted by Gasteiger charge is 2.30. The largest absolute Gasteiger partial charge is 0.416 e. The molecule has 1 unspecified atom stereocenters. The molecule has 1 amide bonds. The minimum atomic E-state index is -4.38. The summed E-state index contributed by atoms with van der Waals surface area (Å²) in [7, 11) is 0. The first-order chi connectivity index (χ1) is 17.3. The van der Waals surface area contributed by atoms with E-state index in [1.54, 1.807) is 0 Å². The van der Waals surface area contributed by atoms with E-state index in [-0.39, 0.29) is 5.91 Å². The Bertz CT molecular complexity index is 1090. The number of alkyl halides is 3. The molecule has 1 radical (unpaired) electrons. The molecule has 3 rings (SSSR count). The van der Waals surface area contributed by atoms with E-state index in [0.717, 1.165) is 41.7 Å². The number of hydrogen-bond acceptors (Lipinski definition) is 1. The fourth-order valence-corrected chi connectivity index (χ4v) is 4.14. The molecule has 36 heavy (non-hydrogen) atoms. The summed E-state index contributed by atoms with van der Waals surface area (Å²) in [5.41, 5.74) is 11.6. The van der Waals surface area contributed by atoms with Gasteiger partial charge in [-0.2, -0.15) is 13.2 Å². The first kappa shape index (κ1) is 27.5. The molecule has 0 aliphatic heterocycles. The van der Waals surface area contributed by atoms with Crippen LogP contribution in [-0.4, -0.2) is 12.5 Å². The SMILES string of the molecule is CCCCCCCCNC(=O)c1cccc(-c2ccc(CC([NH])c3ccc(C(F)(F)F)cc3)cc2)c1. The number of carbonyl (C=O) groups excluding carboxylic acids is 1. The van der Waals surface area contributed by atoms with Crippen LogP contribution in [0.25, 0.3) is 11.1 Å². The van der Waals surface area contributed by atoms with Crippen LogP contribution >= 0.6 is 0 Å². The third-order valence-corrected chi connectivity index (χ3v) is 6.31. The van der Waals surface area contributed by atoms with Gasteiger partial charge in [-0.05, 0) is 59.4 Å². The maximum absolute atomic E-state index is 12.8. The zero-order chi connectivity index (χ0) is 26.0. The molecule has 0 spiro atoms. The third-order valence-electron chi connectivity index (χ3n) is 6.31. The lowest BCUT2D eigenvalue weighted by Crippen LogP contribution is -2.24. The van der Waals surface area contributed by atoms with Crippen LogP contribution < -0.4 is 11.1 Å². The maximum Gasteiger partial charge on any atom is 0.416 e. The molecule has 3 aromatic rings. The second kappa shape index (κ2) is 13.3. The van der Waals surface area contributed by atoms with Gasteiger partial charge in [-0.3, -0.25) is 4.79 Å². The minimum absolute atomic E-state index is 0.0735. The summed E-state index contributed by atoms with van der Waals surface area (Å²) in [6.45, 7) is 2.87. The summed E-state index contributed by atoms with van der Waals surface area (Å²) >= 11 is 0. The van der Waals surface area contributed by atoms with E-state index < -0.39 is 17.8 Å². The Morgan fingerprint density at radius 2 is 1.53 bits per heavy atom. The van der Waals surface area contributed by atoms with Crippen LogP contribution in [-0.2, 0) is 12.6 Å². The van der Waals surface area contributed by atoms with Crippen molar-refractivity contribution in [1.82, 2.24) is 11.1 Å². The minimum Gasteiger partial charge on any atom is -0.352 e. The number of rotatable bonds is 12. The normalized spacial score (nSPS) is 12.4. The van der Waals surface area contributed by atoms with E-state index >= 15 is 0 Å². The molecule has 1 atom stereocenters. The van der Waals surface area contributed by atoms with Gasteiger partial charge in [-0.15, -0.1) is 0 Å². The molecule has 0 fully saturated rings. The molecular weight excluding hydrogens is 461 g/mol. The summed E-state index contributed by atoms with van der Waals surface area (Å²) in [6.07, 6.45) is 3.09. The lowest BCUT2D eigenvalue weighted by molar-refractivity contribution is -0.137. The summed E-state index contributed by atoms with van der Waals surface area (Å²) < 4.78 is 38.3. The van der Waals surface area contributed by atoms with Crippen LogP contribution in [0.3, 0.4) is 0 Å². The highest BCUT2D eigenvalue weighted by Crippen LogP contribution is 2.30. The van der Waals surface area contributed by atoms with E-state index in [1.165, 1.54) is 37.8 Å². The molecule has 0 aliphatic rings.